The first-order valence-electron chi connectivity index (χ1n) is 7.58. The molecule has 0 unspecified atom stereocenters. The van der Waals surface area contributed by atoms with Crippen LogP contribution < -0.4 is 0 Å². The third kappa shape index (κ3) is 6.57. The molecule has 1 amide bonds. The van der Waals surface area contributed by atoms with Crippen LogP contribution in [0.2, 0.25) is 0 Å². The number of hydrogen-bond donors (Lipinski definition) is 0. The summed E-state index contributed by atoms with van der Waals surface area (Å²) in [6.07, 6.45) is 4.05. The van der Waals surface area contributed by atoms with Crippen LogP contribution in [0.15, 0.2) is 36.9 Å². The predicted octanol–water partition coefficient (Wildman–Crippen LogP) is 2.90. The molecule has 4 nitrogen and oxygen atoms in total. The van der Waals surface area contributed by atoms with Crippen LogP contribution in [-0.2, 0) is 20.7 Å². The van der Waals surface area contributed by atoms with E-state index >= 15 is 0 Å². The maximum absolute atomic E-state index is 12.2. The highest BCUT2D eigenvalue weighted by Gasteiger charge is 2.13. The molecule has 0 fully saturated rings. The lowest BCUT2D eigenvalue weighted by Crippen LogP contribution is -2.33. The van der Waals surface area contributed by atoms with Crippen LogP contribution >= 0.6 is 0 Å². The van der Waals surface area contributed by atoms with Gasteiger partial charge in [0, 0.05) is 19.5 Å². The zero-order chi connectivity index (χ0) is 16.4. The van der Waals surface area contributed by atoms with Crippen molar-refractivity contribution >= 4 is 11.9 Å². The van der Waals surface area contributed by atoms with Crippen LogP contribution in [0.25, 0.3) is 0 Å². The number of rotatable bonds is 9. The van der Waals surface area contributed by atoms with Gasteiger partial charge >= 0.3 is 5.97 Å². The van der Waals surface area contributed by atoms with Gasteiger partial charge in [-0.2, -0.15) is 0 Å². The minimum absolute atomic E-state index is 0.0518. The Balaban J connectivity index is 2.40. The Labute approximate surface area is 132 Å². The van der Waals surface area contributed by atoms with Crippen molar-refractivity contribution in [2.45, 2.75) is 32.6 Å². The Bertz CT molecular complexity index is 494. The Kier molecular flexibility index (Phi) is 7.97. The predicted molar refractivity (Wildman–Crippen MR) is 87.5 cm³/mol. The maximum atomic E-state index is 12.2. The van der Waals surface area contributed by atoms with E-state index < -0.39 is 0 Å². The number of hydrogen-bond acceptors (Lipinski definition) is 3. The molecule has 0 aromatic heterocycles. The van der Waals surface area contributed by atoms with Gasteiger partial charge in [-0.3, -0.25) is 9.59 Å². The molecule has 1 rings (SSSR count). The fourth-order valence-corrected chi connectivity index (χ4v) is 2.16. The lowest BCUT2D eigenvalue weighted by Gasteiger charge is -2.20. The summed E-state index contributed by atoms with van der Waals surface area (Å²) < 4.78 is 4.60. The molecule has 0 aliphatic rings. The quantitative estimate of drug-likeness (QED) is 0.520. The lowest BCUT2D eigenvalue weighted by molar-refractivity contribution is -0.141. The summed E-state index contributed by atoms with van der Waals surface area (Å²) >= 11 is 0. The number of aryl methyl sites for hydroxylation is 2. The lowest BCUT2D eigenvalue weighted by atomic mass is 10.1. The van der Waals surface area contributed by atoms with Gasteiger partial charge in [-0.1, -0.05) is 35.9 Å². The molecular formula is C18H25NO3. The molecule has 0 heterocycles. The highest BCUT2D eigenvalue weighted by molar-refractivity contribution is 5.77. The Hall–Kier alpha value is -2.10. The molecule has 120 valence electrons. The third-order valence-corrected chi connectivity index (χ3v) is 3.49. The van der Waals surface area contributed by atoms with E-state index in [1.165, 1.54) is 18.2 Å². The van der Waals surface area contributed by atoms with Crippen molar-refractivity contribution < 1.29 is 14.3 Å². The summed E-state index contributed by atoms with van der Waals surface area (Å²) in [6, 6.07) is 8.35. The molecule has 0 atom stereocenters. The average molecular weight is 303 g/mol. The van der Waals surface area contributed by atoms with Gasteiger partial charge in [0.15, 0.2) is 0 Å². The minimum atomic E-state index is -0.304. The fraction of sp³-hybridized carbons (Fsp3) is 0.444. The van der Waals surface area contributed by atoms with Gasteiger partial charge < -0.3 is 9.64 Å². The SMILES string of the molecule is C=CCN(CCC(=O)OC)C(=O)CCCc1ccc(C)cc1. The molecule has 0 aliphatic heterocycles. The van der Waals surface area contributed by atoms with Crippen molar-refractivity contribution in [3.8, 4) is 0 Å². The number of benzene rings is 1. The molecule has 22 heavy (non-hydrogen) atoms. The van der Waals surface area contributed by atoms with Gasteiger partial charge in [-0.25, -0.2) is 0 Å². The van der Waals surface area contributed by atoms with Gasteiger partial charge in [0.1, 0.15) is 0 Å². The number of methoxy groups -OCH3 is 1. The van der Waals surface area contributed by atoms with Gasteiger partial charge in [0.2, 0.25) is 5.91 Å². The topological polar surface area (TPSA) is 46.6 Å². The number of nitrogens with zero attached hydrogens (tertiary/aromatic N) is 1. The van der Waals surface area contributed by atoms with Gasteiger partial charge in [-0.15, -0.1) is 6.58 Å². The summed E-state index contributed by atoms with van der Waals surface area (Å²) in [5.74, 6) is -0.252. The van der Waals surface area contributed by atoms with Crippen LogP contribution in [-0.4, -0.2) is 37.0 Å². The number of esters is 1. The standard InChI is InChI=1S/C18H25NO3/c1-4-13-19(14-12-18(21)22-3)17(20)7-5-6-16-10-8-15(2)9-11-16/h4,8-11H,1,5-7,12-14H2,2-3H3. The molecule has 0 radical (unpaired) electrons. The number of ether oxygens (including phenoxy) is 1. The second kappa shape index (κ2) is 9.77. The average Bonchev–Trinajstić information content (AvgIpc) is 2.52. The van der Waals surface area contributed by atoms with E-state index in [1.807, 2.05) is 0 Å². The van der Waals surface area contributed by atoms with E-state index in [0.717, 1.165) is 12.8 Å². The van der Waals surface area contributed by atoms with Crippen molar-refractivity contribution in [3.05, 3.63) is 48.0 Å². The smallest absolute Gasteiger partial charge is 0.307 e. The zero-order valence-electron chi connectivity index (χ0n) is 13.5. The van der Waals surface area contributed by atoms with Gasteiger partial charge in [0.05, 0.1) is 13.5 Å². The first-order valence-corrected chi connectivity index (χ1v) is 7.58. The van der Waals surface area contributed by atoms with Crippen molar-refractivity contribution in [3.63, 3.8) is 0 Å². The number of carbonyl (C=O) groups excluding carboxylic acids is 2. The van der Waals surface area contributed by atoms with E-state index in [1.54, 1.807) is 11.0 Å². The van der Waals surface area contributed by atoms with Crippen LogP contribution in [0.4, 0.5) is 0 Å². The summed E-state index contributed by atoms with van der Waals surface area (Å²) in [5, 5.41) is 0. The monoisotopic (exact) mass is 303 g/mol. The number of carbonyl (C=O) groups is 2. The van der Waals surface area contributed by atoms with E-state index in [0.29, 0.717) is 19.5 Å². The molecule has 0 spiro atoms. The van der Waals surface area contributed by atoms with Crippen molar-refractivity contribution in [1.82, 2.24) is 4.90 Å². The highest BCUT2D eigenvalue weighted by Crippen LogP contribution is 2.09. The highest BCUT2D eigenvalue weighted by atomic mass is 16.5. The van der Waals surface area contributed by atoms with E-state index in [9.17, 15) is 9.59 Å². The van der Waals surface area contributed by atoms with Gasteiger partial charge in [0.25, 0.3) is 0 Å². The van der Waals surface area contributed by atoms with Crippen molar-refractivity contribution in [1.29, 1.82) is 0 Å². The van der Waals surface area contributed by atoms with E-state index in [-0.39, 0.29) is 18.3 Å². The number of amides is 1. The Morgan fingerprint density at radius 2 is 1.91 bits per heavy atom. The second-order valence-electron chi connectivity index (χ2n) is 5.29. The summed E-state index contributed by atoms with van der Waals surface area (Å²) in [7, 11) is 1.35. The van der Waals surface area contributed by atoms with Crippen molar-refractivity contribution in [2.75, 3.05) is 20.2 Å². The molecule has 0 aliphatic carbocycles. The molecule has 4 heteroatoms. The first-order chi connectivity index (χ1) is 10.6. The maximum Gasteiger partial charge on any atom is 0.307 e. The van der Waals surface area contributed by atoms with Crippen LogP contribution in [0.1, 0.15) is 30.4 Å². The minimum Gasteiger partial charge on any atom is -0.469 e. The molecule has 1 aromatic carbocycles. The molecule has 1 aromatic rings. The molecule has 0 saturated carbocycles. The zero-order valence-corrected chi connectivity index (χ0v) is 13.5. The summed E-state index contributed by atoms with van der Waals surface area (Å²) in [5.41, 5.74) is 2.48. The van der Waals surface area contributed by atoms with Crippen LogP contribution in [0.3, 0.4) is 0 Å². The third-order valence-electron chi connectivity index (χ3n) is 3.49. The molecule has 0 N–H and O–H groups in total. The largest absolute Gasteiger partial charge is 0.469 e. The summed E-state index contributed by atoms with van der Waals surface area (Å²) in [6.45, 7) is 6.55. The summed E-state index contributed by atoms with van der Waals surface area (Å²) in [4.78, 5) is 25.0. The molecule has 0 saturated heterocycles. The van der Waals surface area contributed by atoms with Gasteiger partial charge in [-0.05, 0) is 25.3 Å². The second-order valence-corrected chi connectivity index (χ2v) is 5.29. The Morgan fingerprint density at radius 3 is 2.50 bits per heavy atom. The van der Waals surface area contributed by atoms with Crippen molar-refractivity contribution in [2.24, 2.45) is 0 Å². The van der Waals surface area contributed by atoms with E-state index in [4.69, 9.17) is 0 Å². The molecule has 0 bridgehead atoms. The van der Waals surface area contributed by atoms with E-state index in [2.05, 4.69) is 42.5 Å². The molecular weight excluding hydrogens is 278 g/mol. The first kappa shape index (κ1) is 18.0. The van der Waals surface area contributed by atoms with Crippen LogP contribution in [0, 0.1) is 6.92 Å². The fourth-order valence-electron chi connectivity index (χ4n) is 2.16. The Morgan fingerprint density at radius 1 is 1.23 bits per heavy atom. The normalized spacial score (nSPS) is 10.1. The van der Waals surface area contributed by atoms with Crippen LogP contribution in [0.5, 0.6) is 0 Å².